The number of benzene rings is 1. The maximum Gasteiger partial charge on any atom is 0.294 e. The van der Waals surface area contributed by atoms with Crippen LogP contribution in [0.5, 0.6) is 0 Å². The van der Waals surface area contributed by atoms with Crippen LogP contribution in [-0.2, 0) is 24.4 Å². The minimum Gasteiger partial charge on any atom is -0.385 e. The van der Waals surface area contributed by atoms with E-state index in [0.29, 0.717) is 13.2 Å². The third kappa shape index (κ3) is 7.20. The summed E-state index contributed by atoms with van der Waals surface area (Å²) in [6, 6.07) is 6.77. The van der Waals surface area contributed by atoms with Crippen LogP contribution in [0.15, 0.2) is 40.9 Å². The SMILES string of the molecule is CCOC(CN/C=C(/C#N)C(=O)Nc1cccc(S(=O)(=O)O)c1)OCC. The second-order valence-corrected chi connectivity index (χ2v) is 6.30. The Hall–Kier alpha value is -2.45. The van der Waals surface area contributed by atoms with Gasteiger partial charge in [-0.1, -0.05) is 6.07 Å². The first-order valence-corrected chi connectivity index (χ1v) is 9.21. The van der Waals surface area contributed by atoms with Crippen molar-refractivity contribution < 1.29 is 27.2 Å². The Morgan fingerprint density at radius 2 is 2.00 bits per heavy atom. The van der Waals surface area contributed by atoms with Crippen molar-refractivity contribution in [2.45, 2.75) is 25.0 Å². The van der Waals surface area contributed by atoms with E-state index in [1.807, 2.05) is 13.8 Å². The molecule has 9 nitrogen and oxygen atoms in total. The van der Waals surface area contributed by atoms with Crippen molar-refractivity contribution in [1.82, 2.24) is 5.32 Å². The Morgan fingerprint density at radius 1 is 1.35 bits per heavy atom. The zero-order valence-corrected chi connectivity index (χ0v) is 15.2. The van der Waals surface area contributed by atoms with Crippen LogP contribution in [0.4, 0.5) is 5.69 Å². The topological polar surface area (TPSA) is 138 Å². The number of anilines is 1. The van der Waals surface area contributed by atoms with Crippen molar-refractivity contribution in [3.63, 3.8) is 0 Å². The number of carbonyl (C=O) groups is 1. The van der Waals surface area contributed by atoms with Gasteiger partial charge in [0.15, 0.2) is 6.29 Å². The number of carbonyl (C=O) groups excluding carboxylic acids is 1. The largest absolute Gasteiger partial charge is 0.385 e. The van der Waals surface area contributed by atoms with Gasteiger partial charge in [-0.05, 0) is 32.0 Å². The number of hydrogen-bond acceptors (Lipinski definition) is 7. The van der Waals surface area contributed by atoms with Gasteiger partial charge in [0.25, 0.3) is 16.0 Å². The van der Waals surface area contributed by atoms with Crippen molar-refractivity contribution in [2.75, 3.05) is 25.1 Å². The van der Waals surface area contributed by atoms with E-state index in [9.17, 15) is 13.2 Å². The summed E-state index contributed by atoms with van der Waals surface area (Å²) < 4.78 is 41.9. The van der Waals surface area contributed by atoms with Gasteiger partial charge in [0, 0.05) is 25.1 Å². The lowest BCUT2D eigenvalue weighted by Crippen LogP contribution is -2.29. The van der Waals surface area contributed by atoms with E-state index in [-0.39, 0.29) is 22.7 Å². The van der Waals surface area contributed by atoms with Gasteiger partial charge in [-0.3, -0.25) is 9.35 Å². The van der Waals surface area contributed by atoms with Gasteiger partial charge < -0.3 is 20.1 Å². The van der Waals surface area contributed by atoms with Gasteiger partial charge in [-0.15, -0.1) is 0 Å². The highest BCUT2D eigenvalue weighted by atomic mass is 32.2. The number of nitriles is 1. The molecular weight excluding hydrogens is 362 g/mol. The molecule has 0 spiro atoms. The van der Waals surface area contributed by atoms with Gasteiger partial charge >= 0.3 is 0 Å². The molecule has 0 atom stereocenters. The predicted molar refractivity (Wildman–Crippen MR) is 93.6 cm³/mol. The van der Waals surface area contributed by atoms with Crippen LogP contribution >= 0.6 is 0 Å². The van der Waals surface area contributed by atoms with Gasteiger partial charge in [0.1, 0.15) is 11.6 Å². The standard InChI is InChI=1S/C16H21N3O6S/c1-3-24-15(25-4-2)11-18-10-12(9-17)16(20)19-13-6-5-7-14(8-13)26(21,22)23/h5-8,10,15,18H,3-4,11H2,1-2H3,(H,19,20)(H,21,22,23)/b12-10-. The van der Waals surface area contributed by atoms with E-state index in [2.05, 4.69) is 10.6 Å². The maximum absolute atomic E-state index is 12.1. The van der Waals surface area contributed by atoms with E-state index in [1.165, 1.54) is 24.4 Å². The molecule has 0 aliphatic heterocycles. The molecule has 26 heavy (non-hydrogen) atoms. The summed E-state index contributed by atoms with van der Waals surface area (Å²) >= 11 is 0. The zero-order valence-electron chi connectivity index (χ0n) is 14.4. The Kier molecular flexibility index (Phi) is 8.74. The number of ether oxygens (including phenoxy) is 2. The van der Waals surface area contributed by atoms with Gasteiger partial charge in [-0.2, -0.15) is 13.7 Å². The Balaban J connectivity index is 2.76. The lowest BCUT2D eigenvalue weighted by atomic mass is 10.2. The molecule has 0 aliphatic rings. The van der Waals surface area contributed by atoms with Crippen molar-refractivity contribution in [3.8, 4) is 6.07 Å². The average molecular weight is 383 g/mol. The molecule has 0 aliphatic carbocycles. The van der Waals surface area contributed by atoms with E-state index in [0.717, 1.165) is 6.07 Å². The molecule has 142 valence electrons. The van der Waals surface area contributed by atoms with Crippen LogP contribution in [0.2, 0.25) is 0 Å². The van der Waals surface area contributed by atoms with E-state index in [4.69, 9.17) is 19.3 Å². The second kappa shape index (κ2) is 10.5. The first-order valence-electron chi connectivity index (χ1n) is 7.77. The van der Waals surface area contributed by atoms with Gasteiger partial charge in [0.2, 0.25) is 0 Å². The van der Waals surface area contributed by atoms with E-state index in [1.54, 1.807) is 6.07 Å². The summed E-state index contributed by atoms with van der Waals surface area (Å²) in [6.07, 6.45) is 0.697. The predicted octanol–water partition coefficient (Wildman–Crippen LogP) is 1.27. The molecule has 0 radical (unpaired) electrons. The molecule has 0 fully saturated rings. The molecule has 0 unspecified atom stereocenters. The molecule has 1 aromatic rings. The number of nitrogens with zero attached hydrogens (tertiary/aromatic N) is 1. The zero-order chi connectivity index (χ0) is 19.6. The maximum atomic E-state index is 12.1. The minimum atomic E-state index is -4.39. The van der Waals surface area contributed by atoms with Crippen LogP contribution in [-0.4, -0.2) is 44.9 Å². The van der Waals surface area contributed by atoms with Gasteiger partial charge in [0.05, 0.1) is 11.4 Å². The summed E-state index contributed by atoms with van der Waals surface area (Å²) in [5, 5.41) is 14.3. The molecule has 0 bridgehead atoms. The average Bonchev–Trinajstić information content (AvgIpc) is 2.58. The van der Waals surface area contributed by atoms with Crippen LogP contribution < -0.4 is 10.6 Å². The lowest BCUT2D eigenvalue weighted by Gasteiger charge is -2.16. The highest BCUT2D eigenvalue weighted by Gasteiger charge is 2.13. The number of nitrogens with one attached hydrogen (secondary N) is 2. The van der Waals surface area contributed by atoms with Crippen LogP contribution in [0.3, 0.4) is 0 Å². The molecule has 1 aromatic carbocycles. The first kappa shape index (κ1) is 21.6. The fourth-order valence-electron chi connectivity index (χ4n) is 1.88. The van der Waals surface area contributed by atoms with Crippen molar-refractivity contribution in [2.24, 2.45) is 0 Å². The Bertz CT molecular complexity index is 779. The Labute approximate surface area is 152 Å². The molecular formula is C16H21N3O6S. The monoisotopic (exact) mass is 383 g/mol. The smallest absolute Gasteiger partial charge is 0.294 e. The highest BCUT2D eigenvalue weighted by Crippen LogP contribution is 2.15. The Morgan fingerprint density at radius 3 is 2.54 bits per heavy atom. The van der Waals surface area contributed by atoms with Crippen molar-refractivity contribution in [1.29, 1.82) is 5.26 Å². The normalized spacial score (nSPS) is 11.9. The molecule has 1 amide bonds. The van der Waals surface area contributed by atoms with Crippen molar-refractivity contribution >= 4 is 21.7 Å². The van der Waals surface area contributed by atoms with Crippen LogP contribution in [0.1, 0.15) is 13.8 Å². The molecule has 3 N–H and O–H groups in total. The summed E-state index contributed by atoms with van der Waals surface area (Å²) in [5.41, 5.74) is -0.109. The quantitative estimate of drug-likeness (QED) is 0.238. The lowest BCUT2D eigenvalue weighted by molar-refractivity contribution is -0.131. The number of amides is 1. The van der Waals surface area contributed by atoms with Crippen molar-refractivity contribution in [3.05, 3.63) is 36.0 Å². The third-order valence-corrected chi connectivity index (χ3v) is 3.84. The third-order valence-electron chi connectivity index (χ3n) is 2.99. The molecule has 1 rings (SSSR count). The van der Waals surface area contributed by atoms with E-state index < -0.39 is 22.3 Å². The van der Waals surface area contributed by atoms with Crippen LogP contribution in [0, 0.1) is 11.3 Å². The summed E-state index contributed by atoms with van der Waals surface area (Å²) in [7, 11) is -4.39. The second-order valence-electron chi connectivity index (χ2n) is 4.88. The molecule has 0 heterocycles. The molecule has 0 saturated heterocycles. The highest BCUT2D eigenvalue weighted by molar-refractivity contribution is 7.85. The number of hydrogen-bond donors (Lipinski definition) is 3. The minimum absolute atomic E-state index is 0.118. The van der Waals surface area contributed by atoms with Crippen LogP contribution in [0.25, 0.3) is 0 Å². The molecule has 0 aromatic heterocycles. The summed E-state index contributed by atoms with van der Waals surface area (Å²) in [4.78, 5) is 11.7. The number of rotatable bonds is 10. The van der Waals surface area contributed by atoms with Gasteiger partial charge in [-0.25, -0.2) is 0 Å². The first-order chi connectivity index (χ1) is 12.3. The molecule has 10 heteroatoms. The fraction of sp³-hybridized carbons (Fsp3) is 0.375. The fourth-order valence-corrected chi connectivity index (χ4v) is 2.40. The summed E-state index contributed by atoms with van der Waals surface area (Å²) in [6.45, 7) is 4.77. The van der Waals surface area contributed by atoms with E-state index >= 15 is 0 Å². The summed E-state index contributed by atoms with van der Waals surface area (Å²) in [5.74, 6) is -0.739. The molecule has 0 saturated carbocycles.